The Kier molecular flexibility index (Phi) is 5.01. The van der Waals surface area contributed by atoms with E-state index in [4.69, 9.17) is 14.9 Å². The molecule has 1 aromatic heterocycles. The molecule has 0 radical (unpaired) electrons. The van der Waals surface area contributed by atoms with Crippen LogP contribution < -0.4 is 5.73 Å². The van der Waals surface area contributed by atoms with Crippen LogP contribution in [0.3, 0.4) is 0 Å². The van der Waals surface area contributed by atoms with E-state index in [1.165, 1.54) is 0 Å². The monoisotopic (exact) mass is 226 g/mol. The zero-order valence-electron chi connectivity index (χ0n) is 9.73. The Hall–Kier alpha value is -1.33. The van der Waals surface area contributed by atoms with Crippen molar-refractivity contribution in [3.05, 3.63) is 23.7 Å². The van der Waals surface area contributed by atoms with Gasteiger partial charge in [0.2, 0.25) is 5.91 Å². The number of hydrogen-bond acceptors (Lipinski definition) is 4. The van der Waals surface area contributed by atoms with E-state index in [0.717, 1.165) is 11.5 Å². The van der Waals surface area contributed by atoms with E-state index in [0.29, 0.717) is 19.7 Å². The van der Waals surface area contributed by atoms with Gasteiger partial charge in [-0.05, 0) is 19.1 Å². The molecule has 0 saturated carbocycles. The molecule has 5 nitrogen and oxygen atoms in total. The van der Waals surface area contributed by atoms with Gasteiger partial charge >= 0.3 is 0 Å². The largest absolute Gasteiger partial charge is 0.464 e. The van der Waals surface area contributed by atoms with Crippen LogP contribution in [0.15, 0.2) is 16.5 Å². The molecule has 1 amide bonds. The standard InChI is InChI=1S/C11H18N2O3/c1-9-3-4-10(16-9)7-13(2)11(14)8-15-6-5-12/h3-4H,5-8,12H2,1-2H3. The van der Waals surface area contributed by atoms with E-state index in [2.05, 4.69) is 0 Å². The van der Waals surface area contributed by atoms with Gasteiger partial charge in [-0.2, -0.15) is 0 Å². The maximum absolute atomic E-state index is 11.5. The number of nitrogens with two attached hydrogens (primary N) is 1. The van der Waals surface area contributed by atoms with Gasteiger partial charge in [-0.1, -0.05) is 0 Å². The number of hydrogen-bond donors (Lipinski definition) is 1. The first-order chi connectivity index (χ1) is 7.63. The van der Waals surface area contributed by atoms with Crippen LogP contribution in [0.25, 0.3) is 0 Å². The molecule has 0 spiro atoms. The molecule has 0 unspecified atom stereocenters. The van der Waals surface area contributed by atoms with Gasteiger partial charge in [0.1, 0.15) is 18.1 Å². The Balaban J connectivity index is 2.34. The molecule has 1 heterocycles. The highest BCUT2D eigenvalue weighted by Gasteiger charge is 2.10. The first-order valence-electron chi connectivity index (χ1n) is 5.20. The van der Waals surface area contributed by atoms with Crippen LogP contribution in [0.1, 0.15) is 11.5 Å². The first kappa shape index (κ1) is 12.7. The molecule has 0 aliphatic heterocycles. The summed E-state index contributed by atoms with van der Waals surface area (Å²) in [6.45, 7) is 3.22. The Morgan fingerprint density at radius 1 is 1.56 bits per heavy atom. The molecule has 0 aromatic carbocycles. The molecular formula is C11H18N2O3. The third-order valence-corrected chi connectivity index (χ3v) is 2.10. The van der Waals surface area contributed by atoms with Gasteiger partial charge in [0, 0.05) is 13.6 Å². The lowest BCUT2D eigenvalue weighted by Crippen LogP contribution is -2.30. The van der Waals surface area contributed by atoms with Crippen molar-refractivity contribution in [3.63, 3.8) is 0 Å². The highest BCUT2D eigenvalue weighted by molar-refractivity contribution is 5.77. The van der Waals surface area contributed by atoms with Crippen LogP contribution in [0.4, 0.5) is 0 Å². The zero-order valence-corrected chi connectivity index (χ0v) is 9.73. The van der Waals surface area contributed by atoms with Gasteiger partial charge in [-0.15, -0.1) is 0 Å². The van der Waals surface area contributed by atoms with Crippen molar-refractivity contribution in [2.24, 2.45) is 5.73 Å². The van der Waals surface area contributed by atoms with Gasteiger partial charge in [0.15, 0.2) is 0 Å². The van der Waals surface area contributed by atoms with E-state index >= 15 is 0 Å². The van der Waals surface area contributed by atoms with E-state index in [1.807, 2.05) is 19.1 Å². The van der Waals surface area contributed by atoms with Crippen molar-refractivity contribution in [3.8, 4) is 0 Å². The topological polar surface area (TPSA) is 68.7 Å². The highest BCUT2D eigenvalue weighted by atomic mass is 16.5. The van der Waals surface area contributed by atoms with Crippen molar-refractivity contribution in [1.82, 2.24) is 4.90 Å². The van der Waals surface area contributed by atoms with Crippen LogP contribution in [0.5, 0.6) is 0 Å². The van der Waals surface area contributed by atoms with Crippen LogP contribution in [0.2, 0.25) is 0 Å². The lowest BCUT2D eigenvalue weighted by Gasteiger charge is -2.15. The average molecular weight is 226 g/mol. The summed E-state index contributed by atoms with van der Waals surface area (Å²) in [5.74, 6) is 1.53. The molecular weight excluding hydrogens is 208 g/mol. The summed E-state index contributed by atoms with van der Waals surface area (Å²) in [6, 6.07) is 3.73. The Bertz CT molecular complexity index is 336. The fourth-order valence-electron chi connectivity index (χ4n) is 1.25. The normalized spacial score (nSPS) is 10.4. The predicted octanol–water partition coefficient (Wildman–Crippen LogP) is 0.522. The molecule has 2 N–H and O–H groups in total. The van der Waals surface area contributed by atoms with Crippen molar-refractivity contribution >= 4 is 5.91 Å². The SMILES string of the molecule is Cc1ccc(CN(C)C(=O)COCCN)o1. The third-order valence-electron chi connectivity index (χ3n) is 2.10. The van der Waals surface area contributed by atoms with Gasteiger partial charge in [0.05, 0.1) is 13.2 Å². The van der Waals surface area contributed by atoms with Gasteiger partial charge in [-0.25, -0.2) is 0 Å². The maximum atomic E-state index is 11.5. The van der Waals surface area contributed by atoms with Crippen LogP contribution >= 0.6 is 0 Å². The summed E-state index contributed by atoms with van der Waals surface area (Å²) >= 11 is 0. The number of nitrogens with zero attached hydrogens (tertiary/aromatic N) is 1. The number of ether oxygens (including phenoxy) is 1. The van der Waals surface area contributed by atoms with Crippen LogP contribution in [0, 0.1) is 6.92 Å². The Labute approximate surface area is 95.2 Å². The van der Waals surface area contributed by atoms with E-state index in [-0.39, 0.29) is 12.5 Å². The summed E-state index contributed by atoms with van der Waals surface area (Å²) < 4.78 is 10.4. The molecule has 1 aromatic rings. The smallest absolute Gasteiger partial charge is 0.248 e. The van der Waals surface area contributed by atoms with Crippen LogP contribution in [-0.2, 0) is 16.1 Å². The Morgan fingerprint density at radius 2 is 2.31 bits per heavy atom. The third kappa shape index (κ3) is 4.04. The average Bonchev–Trinajstić information content (AvgIpc) is 2.64. The molecule has 16 heavy (non-hydrogen) atoms. The second kappa shape index (κ2) is 6.30. The summed E-state index contributed by atoms with van der Waals surface area (Å²) in [7, 11) is 1.71. The maximum Gasteiger partial charge on any atom is 0.248 e. The van der Waals surface area contributed by atoms with Crippen LogP contribution in [-0.4, -0.2) is 37.6 Å². The molecule has 0 atom stereocenters. The van der Waals surface area contributed by atoms with E-state index in [9.17, 15) is 4.79 Å². The molecule has 0 aliphatic carbocycles. The molecule has 0 fully saturated rings. The Morgan fingerprint density at radius 3 is 2.88 bits per heavy atom. The van der Waals surface area contributed by atoms with Crippen molar-refractivity contribution in [2.75, 3.05) is 26.8 Å². The molecule has 0 saturated heterocycles. The van der Waals surface area contributed by atoms with Gasteiger partial charge < -0.3 is 19.8 Å². The zero-order chi connectivity index (χ0) is 12.0. The molecule has 1 rings (SSSR count). The number of rotatable bonds is 6. The second-order valence-corrected chi connectivity index (χ2v) is 3.60. The lowest BCUT2D eigenvalue weighted by atomic mass is 10.4. The van der Waals surface area contributed by atoms with Crippen molar-refractivity contribution in [1.29, 1.82) is 0 Å². The lowest BCUT2D eigenvalue weighted by molar-refractivity contribution is -0.135. The predicted molar refractivity (Wildman–Crippen MR) is 59.8 cm³/mol. The second-order valence-electron chi connectivity index (χ2n) is 3.60. The summed E-state index contributed by atoms with van der Waals surface area (Å²) in [6.07, 6.45) is 0. The number of aryl methyl sites for hydroxylation is 1. The minimum absolute atomic E-state index is 0.0629. The minimum Gasteiger partial charge on any atom is -0.464 e. The number of amides is 1. The first-order valence-corrected chi connectivity index (χ1v) is 5.20. The molecule has 0 aliphatic rings. The number of furan rings is 1. The summed E-state index contributed by atoms with van der Waals surface area (Å²) in [4.78, 5) is 13.1. The molecule has 0 bridgehead atoms. The molecule has 90 valence electrons. The highest BCUT2D eigenvalue weighted by Crippen LogP contribution is 2.08. The van der Waals surface area contributed by atoms with Gasteiger partial charge in [0.25, 0.3) is 0 Å². The fraction of sp³-hybridized carbons (Fsp3) is 0.545. The van der Waals surface area contributed by atoms with Crippen molar-refractivity contribution < 1.29 is 13.9 Å². The molecule has 5 heteroatoms. The quantitative estimate of drug-likeness (QED) is 0.718. The number of carbonyl (C=O) groups is 1. The van der Waals surface area contributed by atoms with E-state index in [1.54, 1.807) is 11.9 Å². The summed E-state index contributed by atoms with van der Waals surface area (Å²) in [5.41, 5.74) is 5.25. The van der Waals surface area contributed by atoms with Gasteiger partial charge in [-0.3, -0.25) is 4.79 Å². The minimum atomic E-state index is -0.0810. The van der Waals surface area contributed by atoms with E-state index < -0.39 is 0 Å². The summed E-state index contributed by atoms with van der Waals surface area (Å²) in [5, 5.41) is 0. The van der Waals surface area contributed by atoms with Crippen molar-refractivity contribution in [2.45, 2.75) is 13.5 Å². The number of likely N-dealkylation sites (N-methyl/N-ethyl adjacent to an activating group) is 1. The number of carbonyl (C=O) groups excluding carboxylic acids is 1. The fourth-order valence-corrected chi connectivity index (χ4v) is 1.25.